The lowest BCUT2D eigenvalue weighted by atomic mass is 9.80. The Hall–Kier alpha value is -0.770. The Morgan fingerprint density at radius 3 is 2.53 bits per heavy atom. The molecule has 1 amide bonds. The SMILES string of the molecule is CC(C)(C)OC(=O)N1C[C@H]2CC(O)CC[C@H]2C1. The largest absolute Gasteiger partial charge is 0.444 e. The summed E-state index contributed by atoms with van der Waals surface area (Å²) in [7, 11) is 0. The van der Waals surface area contributed by atoms with Gasteiger partial charge in [-0.05, 0) is 51.9 Å². The van der Waals surface area contributed by atoms with E-state index in [2.05, 4.69) is 0 Å². The number of likely N-dealkylation sites (tertiary alicyclic amines) is 1. The lowest BCUT2D eigenvalue weighted by Crippen LogP contribution is -2.35. The van der Waals surface area contributed by atoms with E-state index in [-0.39, 0.29) is 12.2 Å². The number of amides is 1. The van der Waals surface area contributed by atoms with Gasteiger partial charge in [-0.25, -0.2) is 4.79 Å². The van der Waals surface area contributed by atoms with Crippen LogP contribution in [0, 0.1) is 11.8 Å². The number of hydrogen-bond donors (Lipinski definition) is 1. The number of hydrogen-bond acceptors (Lipinski definition) is 3. The van der Waals surface area contributed by atoms with Crippen LogP contribution in [0.5, 0.6) is 0 Å². The molecule has 0 aromatic rings. The monoisotopic (exact) mass is 241 g/mol. The molecule has 0 aromatic carbocycles. The van der Waals surface area contributed by atoms with Crippen LogP contribution in [0.4, 0.5) is 4.79 Å². The molecule has 0 aromatic heterocycles. The zero-order valence-corrected chi connectivity index (χ0v) is 11.0. The maximum Gasteiger partial charge on any atom is 0.410 e. The number of aliphatic hydroxyl groups excluding tert-OH is 1. The first-order chi connectivity index (χ1) is 7.85. The summed E-state index contributed by atoms with van der Waals surface area (Å²) in [6, 6.07) is 0. The predicted octanol–water partition coefficient (Wildman–Crippen LogP) is 2.01. The molecule has 0 bridgehead atoms. The van der Waals surface area contributed by atoms with Gasteiger partial charge in [0.05, 0.1) is 6.10 Å². The first kappa shape index (κ1) is 12.7. The lowest BCUT2D eigenvalue weighted by Gasteiger charge is -2.27. The highest BCUT2D eigenvalue weighted by Crippen LogP contribution is 2.36. The van der Waals surface area contributed by atoms with Gasteiger partial charge < -0.3 is 14.7 Å². The van der Waals surface area contributed by atoms with Gasteiger partial charge >= 0.3 is 6.09 Å². The Morgan fingerprint density at radius 1 is 1.24 bits per heavy atom. The van der Waals surface area contributed by atoms with E-state index in [0.29, 0.717) is 11.8 Å². The van der Waals surface area contributed by atoms with Crippen LogP contribution < -0.4 is 0 Å². The second-order valence-electron chi connectivity index (χ2n) is 6.37. The first-order valence-corrected chi connectivity index (χ1v) is 6.51. The number of ether oxygens (including phenoxy) is 1. The molecule has 17 heavy (non-hydrogen) atoms. The zero-order chi connectivity index (χ0) is 12.6. The molecule has 4 heteroatoms. The van der Waals surface area contributed by atoms with E-state index in [1.807, 2.05) is 20.8 Å². The van der Waals surface area contributed by atoms with E-state index in [1.165, 1.54) is 0 Å². The minimum absolute atomic E-state index is 0.171. The molecule has 4 nitrogen and oxygen atoms in total. The van der Waals surface area contributed by atoms with Crippen molar-refractivity contribution in [3.05, 3.63) is 0 Å². The summed E-state index contributed by atoms with van der Waals surface area (Å²) < 4.78 is 5.38. The Morgan fingerprint density at radius 2 is 1.88 bits per heavy atom. The predicted molar refractivity (Wildman–Crippen MR) is 64.6 cm³/mol. The number of aliphatic hydroxyl groups is 1. The van der Waals surface area contributed by atoms with Crippen molar-refractivity contribution < 1.29 is 14.6 Å². The highest BCUT2D eigenvalue weighted by molar-refractivity contribution is 5.68. The van der Waals surface area contributed by atoms with Crippen LogP contribution in [-0.4, -0.2) is 40.9 Å². The highest BCUT2D eigenvalue weighted by atomic mass is 16.6. The fourth-order valence-electron chi connectivity index (χ4n) is 2.88. The van der Waals surface area contributed by atoms with Crippen LogP contribution in [0.1, 0.15) is 40.0 Å². The second-order valence-corrected chi connectivity index (χ2v) is 6.37. The van der Waals surface area contributed by atoms with Gasteiger partial charge in [0, 0.05) is 13.1 Å². The lowest BCUT2D eigenvalue weighted by molar-refractivity contribution is 0.0282. The van der Waals surface area contributed by atoms with Crippen molar-refractivity contribution in [3.8, 4) is 0 Å². The van der Waals surface area contributed by atoms with Crippen molar-refractivity contribution in [2.24, 2.45) is 11.8 Å². The van der Waals surface area contributed by atoms with E-state index in [4.69, 9.17) is 4.74 Å². The van der Waals surface area contributed by atoms with Crippen LogP contribution in [0.25, 0.3) is 0 Å². The molecule has 2 fully saturated rings. The molecule has 1 saturated heterocycles. The van der Waals surface area contributed by atoms with E-state index in [1.54, 1.807) is 4.90 Å². The second kappa shape index (κ2) is 4.48. The molecule has 1 N–H and O–H groups in total. The summed E-state index contributed by atoms with van der Waals surface area (Å²) in [6.45, 7) is 7.20. The Bertz CT molecular complexity index is 298. The molecule has 0 radical (unpaired) electrons. The van der Waals surface area contributed by atoms with Gasteiger partial charge in [-0.15, -0.1) is 0 Å². The molecule has 0 spiro atoms. The van der Waals surface area contributed by atoms with Crippen molar-refractivity contribution in [2.75, 3.05) is 13.1 Å². The molecule has 1 aliphatic carbocycles. The van der Waals surface area contributed by atoms with Crippen LogP contribution in [0.2, 0.25) is 0 Å². The van der Waals surface area contributed by atoms with Crippen molar-refractivity contribution in [2.45, 2.75) is 51.7 Å². The maximum atomic E-state index is 11.9. The number of carbonyl (C=O) groups is 1. The van der Waals surface area contributed by atoms with Crippen molar-refractivity contribution in [1.82, 2.24) is 4.90 Å². The summed E-state index contributed by atoms with van der Waals surface area (Å²) in [6.07, 6.45) is 2.37. The molecule has 2 rings (SSSR count). The van der Waals surface area contributed by atoms with Gasteiger partial charge in [-0.3, -0.25) is 0 Å². The van der Waals surface area contributed by atoms with Crippen molar-refractivity contribution in [1.29, 1.82) is 0 Å². The number of nitrogens with zero attached hydrogens (tertiary/aromatic N) is 1. The quantitative estimate of drug-likeness (QED) is 0.706. The molecule has 1 aliphatic heterocycles. The standard InChI is InChI=1S/C13H23NO3/c1-13(2,3)17-12(16)14-7-9-4-5-11(15)6-10(9)8-14/h9-11,15H,4-8H2,1-3H3/t9-,10+,11?/m0/s1. The van der Waals surface area contributed by atoms with Crippen LogP contribution >= 0.6 is 0 Å². The van der Waals surface area contributed by atoms with Gasteiger partial charge in [0.2, 0.25) is 0 Å². The Labute approximate surface area is 103 Å². The molecule has 1 unspecified atom stereocenters. The summed E-state index contributed by atoms with van der Waals surface area (Å²) in [5.74, 6) is 1.03. The normalized spacial score (nSPS) is 33.4. The topological polar surface area (TPSA) is 49.8 Å². The minimum Gasteiger partial charge on any atom is -0.444 e. The smallest absolute Gasteiger partial charge is 0.410 e. The maximum absolute atomic E-state index is 11.9. The molecule has 1 saturated carbocycles. The first-order valence-electron chi connectivity index (χ1n) is 6.51. The summed E-state index contributed by atoms with van der Waals surface area (Å²) in [4.78, 5) is 13.7. The Kier molecular flexibility index (Phi) is 3.34. The average Bonchev–Trinajstić information content (AvgIpc) is 2.57. The Balaban J connectivity index is 1.91. The van der Waals surface area contributed by atoms with Crippen molar-refractivity contribution >= 4 is 6.09 Å². The van der Waals surface area contributed by atoms with E-state index in [0.717, 1.165) is 32.4 Å². The van der Waals surface area contributed by atoms with E-state index >= 15 is 0 Å². The molecular weight excluding hydrogens is 218 g/mol. The third kappa shape index (κ3) is 3.12. The van der Waals surface area contributed by atoms with Gasteiger partial charge in [0.15, 0.2) is 0 Å². The highest BCUT2D eigenvalue weighted by Gasteiger charge is 2.40. The number of fused-ring (bicyclic) bond motifs is 1. The third-order valence-electron chi connectivity index (χ3n) is 3.67. The van der Waals surface area contributed by atoms with E-state index < -0.39 is 5.60 Å². The molecule has 98 valence electrons. The summed E-state index contributed by atoms with van der Waals surface area (Å²) in [5, 5.41) is 9.63. The number of carbonyl (C=O) groups excluding carboxylic acids is 1. The van der Waals surface area contributed by atoms with Crippen LogP contribution in [0.3, 0.4) is 0 Å². The van der Waals surface area contributed by atoms with Crippen LogP contribution in [-0.2, 0) is 4.74 Å². The van der Waals surface area contributed by atoms with Gasteiger partial charge in [0.25, 0.3) is 0 Å². The fraction of sp³-hybridized carbons (Fsp3) is 0.923. The molecule has 2 aliphatic rings. The van der Waals surface area contributed by atoms with Gasteiger partial charge in [-0.2, -0.15) is 0 Å². The molecular formula is C13H23NO3. The fourth-order valence-corrected chi connectivity index (χ4v) is 2.88. The van der Waals surface area contributed by atoms with Crippen LogP contribution in [0.15, 0.2) is 0 Å². The zero-order valence-electron chi connectivity index (χ0n) is 11.0. The third-order valence-corrected chi connectivity index (χ3v) is 3.67. The number of rotatable bonds is 0. The summed E-state index contributed by atoms with van der Waals surface area (Å²) in [5.41, 5.74) is -0.426. The summed E-state index contributed by atoms with van der Waals surface area (Å²) >= 11 is 0. The van der Waals surface area contributed by atoms with E-state index in [9.17, 15) is 9.90 Å². The van der Waals surface area contributed by atoms with Crippen molar-refractivity contribution in [3.63, 3.8) is 0 Å². The molecule has 3 atom stereocenters. The average molecular weight is 241 g/mol. The van der Waals surface area contributed by atoms with Gasteiger partial charge in [0.1, 0.15) is 5.60 Å². The molecule has 1 heterocycles. The minimum atomic E-state index is -0.426. The van der Waals surface area contributed by atoms with Gasteiger partial charge in [-0.1, -0.05) is 0 Å².